The number of hydrogen-bond donors (Lipinski definition) is 1. The molecule has 8 heteroatoms. The molecule has 2 amide bonds. The van der Waals surface area contributed by atoms with Gasteiger partial charge in [-0.1, -0.05) is 42.5 Å². The van der Waals surface area contributed by atoms with Crippen molar-refractivity contribution in [1.82, 2.24) is 14.5 Å². The van der Waals surface area contributed by atoms with Gasteiger partial charge in [-0.05, 0) is 42.2 Å². The molecule has 2 aromatic rings. The van der Waals surface area contributed by atoms with E-state index in [9.17, 15) is 18.0 Å². The number of nitrogens with one attached hydrogen (secondary N) is 1. The summed E-state index contributed by atoms with van der Waals surface area (Å²) in [6.45, 7) is 1.09. The summed E-state index contributed by atoms with van der Waals surface area (Å²) in [5.74, 6) is -0.340. The number of hydrogen-bond acceptors (Lipinski definition) is 4. The maximum atomic E-state index is 12.9. The Morgan fingerprint density at radius 2 is 1.69 bits per heavy atom. The molecule has 1 aliphatic rings. The molecular formula is C24H29N3O4S. The van der Waals surface area contributed by atoms with Crippen LogP contribution in [0.3, 0.4) is 0 Å². The van der Waals surface area contributed by atoms with Crippen LogP contribution in [0.1, 0.15) is 34.3 Å². The van der Waals surface area contributed by atoms with E-state index in [1.807, 2.05) is 42.5 Å². The number of rotatable bonds is 7. The van der Waals surface area contributed by atoms with Crippen molar-refractivity contribution < 1.29 is 18.0 Å². The van der Waals surface area contributed by atoms with E-state index < -0.39 is 10.0 Å². The predicted molar refractivity (Wildman–Crippen MR) is 125 cm³/mol. The first kappa shape index (κ1) is 23.7. The van der Waals surface area contributed by atoms with Crippen molar-refractivity contribution in [2.45, 2.75) is 19.4 Å². The van der Waals surface area contributed by atoms with E-state index in [1.54, 1.807) is 37.2 Å². The lowest BCUT2D eigenvalue weighted by molar-refractivity contribution is -0.135. The summed E-state index contributed by atoms with van der Waals surface area (Å²) in [6, 6.07) is 16.4. The molecular weight excluding hydrogens is 426 g/mol. The molecule has 0 saturated carbocycles. The number of amides is 2. The Balaban J connectivity index is 1.53. The number of benzene rings is 2. The first-order chi connectivity index (χ1) is 15.3. The summed E-state index contributed by atoms with van der Waals surface area (Å²) < 4.78 is 26.7. The minimum atomic E-state index is -3.52. The third-order valence-corrected chi connectivity index (χ3v) is 7.20. The van der Waals surface area contributed by atoms with Gasteiger partial charge in [-0.15, -0.1) is 0 Å². The number of sulfonamides is 1. The third kappa shape index (κ3) is 6.05. The smallest absolute Gasteiger partial charge is 0.251 e. The second-order valence-electron chi connectivity index (χ2n) is 7.90. The van der Waals surface area contributed by atoms with Crippen LogP contribution in [0.25, 0.3) is 6.08 Å². The Hall–Kier alpha value is -2.97. The fourth-order valence-electron chi connectivity index (χ4n) is 3.74. The van der Waals surface area contributed by atoms with Crippen molar-refractivity contribution in [3.8, 4) is 0 Å². The average Bonchev–Trinajstić information content (AvgIpc) is 2.83. The Labute approximate surface area is 189 Å². The van der Waals surface area contributed by atoms with E-state index in [0.29, 0.717) is 38.0 Å². The van der Waals surface area contributed by atoms with Gasteiger partial charge in [-0.25, -0.2) is 8.42 Å². The van der Waals surface area contributed by atoms with Gasteiger partial charge in [0.2, 0.25) is 15.9 Å². The minimum Gasteiger partial charge on any atom is -0.355 e. The van der Waals surface area contributed by atoms with Crippen LogP contribution in [0.4, 0.5) is 0 Å². The number of carbonyl (C=O) groups is 2. The van der Waals surface area contributed by atoms with Crippen molar-refractivity contribution in [3.05, 3.63) is 76.7 Å². The van der Waals surface area contributed by atoms with Gasteiger partial charge in [0.15, 0.2) is 0 Å². The van der Waals surface area contributed by atoms with Gasteiger partial charge in [-0.2, -0.15) is 4.31 Å². The van der Waals surface area contributed by atoms with Crippen LogP contribution in [-0.2, 0) is 21.4 Å². The number of carbonyl (C=O) groups excluding carboxylic acids is 2. The highest BCUT2D eigenvalue weighted by Crippen LogP contribution is 2.23. The van der Waals surface area contributed by atoms with Gasteiger partial charge < -0.3 is 10.2 Å². The van der Waals surface area contributed by atoms with Gasteiger partial charge >= 0.3 is 0 Å². The molecule has 1 saturated heterocycles. The standard InChI is InChI=1S/C24H29N3O4S/c1-25-23(28)21-10-8-20(9-11-21)18-26(2)24(29)22-12-15-27(16-13-22)32(30,31)17-14-19-6-4-3-5-7-19/h3-11,14,17,22H,12-13,15-16,18H2,1-2H3,(H,25,28). The van der Waals surface area contributed by atoms with Crippen molar-refractivity contribution in [1.29, 1.82) is 0 Å². The van der Waals surface area contributed by atoms with Crippen LogP contribution in [0, 0.1) is 5.92 Å². The average molecular weight is 456 g/mol. The molecule has 0 atom stereocenters. The Kier molecular flexibility index (Phi) is 7.82. The van der Waals surface area contributed by atoms with Gasteiger partial charge in [0.05, 0.1) is 0 Å². The summed E-state index contributed by atoms with van der Waals surface area (Å²) in [7, 11) is -0.185. The number of nitrogens with zero attached hydrogens (tertiary/aromatic N) is 2. The second-order valence-corrected chi connectivity index (χ2v) is 9.72. The van der Waals surface area contributed by atoms with Gasteiger partial charge in [-0.3, -0.25) is 9.59 Å². The molecule has 1 heterocycles. The van der Waals surface area contributed by atoms with Gasteiger partial charge in [0.25, 0.3) is 5.91 Å². The van der Waals surface area contributed by atoms with E-state index in [4.69, 9.17) is 0 Å². The molecule has 0 aliphatic carbocycles. The fraction of sp³-hybridized carbons (Fsp3) is 0.333. The quantitative estimate of drug-likeness (QED) is 0.696. The van der Waals surface area contributed by atoms with Crippen LogP contribution in [0.2, 0.25) is 0 Å². The van der Waals surface area contributed by atoms with Crippen molar-refractivity contribution in [2.75, 3.05) is 27.2 Å². The largest absolute Gasteiger partial charge is 0.355 e. The van der Waals surface area contributed by atoms with Gasteiger partial charge in [0.1, 0.15) is 0 Å². The van der Waals surface area contributed by atoms with Crippen LogP contribution in [0.15, 0.2) is 60.0 Å². The maximum Gasteiger partial charge on any atom is 0.251 e. The lowest BCUT2D eigenvalue weighted by Crippen LogP contribution is -2.42. The molecule has 0 bridgehead atoms. The molecule has 170 valence electrons. The first-order valence-corrected chi connectivity index (χ1v) is 12.1. The van der Waals surface area contributed by atoms with E-state index in [2.05, 4.69) is 5.32 Å². The molecule has 32 heavy (non-hydrogen) atoms. The van der Waals surface area contributed by atoms with Crippen molar-refractivity contribution in [3.63, 3.8) is 0 Å². The summed E-state index contributed by atoms with van der Waals surface area (Å²) in [6.07, 6.45) is 2.59. The molecule has 0 radical (unpaired) electrons. The second kappa shape index (κ2) is 10.6. The zero-order valence-corrected chi connectivity index (χ0v) is 19.2. The summed E-state index contributed by atoms with van der Waals surface area (Å²) in [5, 5.41) is 3.81. The third-order valence-electron chi connectivity index (χ3n) is 5.63. The lowest BCUT2D eigenvalue weighted by atomic mass is 9.96. The Morgan fingerprint density at radius 3 is 2.28 bits per heavy atom. The zero-order valence-electron chi connectivity index (χ0n) is 18.4. The molecule has 7 nitrogen and oxygen atoms in total. The van der Waals surface area contributed by atoms with E-state index in [0.717, 1.165) is 11.1 Å². The van der Waals surface area contributed by atoms with Crippen LogP contribution in [0.5, 0.6) is 0 Å². The predicted octanol–water partition coefficient (Wildman–Crippen LogP) is 2.72. The maximum absolute atomic E-state index is 12.9. The number of piperidine rings is 1. The first-order valence-electron chi connectivity index (χ1n) is 10.6. The summed E-state index contributed by atoms with van der Waals surface area (Å²) in [4.78, 5) is 26.2. The highest BCUT2D eigenvalue weighted by molar-refractivity contribution is 7.92. The summed E-state index contributed by atoms with van der Waals surface area (Å²) in [5.41, 5.74) is 2.32. The molecule has 1 fully saturated rings. The molecule has 0 aromatic heterocycles. The molecule has 2 aromatic carbocycles. The van der Waals surface area contributed by atoms with E-state index in [-0.39, 0.29) is 17.7 Å². The van der Waals surface area contributed by atoms with E-state index >= 15 is 0 Å². The lowest BCUT2D eigenvalue weighted by Gasteiger charge is -2.32. The molecule has 1 aliphatic heterocycles. The molecule has 1 N–H and O–H groups in total. The minimum absolute atomic E-state index is 0.0113. The van der Waals surface area contributed by atoms with Crippen LogP contribution < -0.4 is 5.32 Å². The highest BCUT2D eigenvalue weighted by Gasteiger charge is 2.31. The normalized spacial score (nSPS) is 15.6. The molecule has 0 spiro atoms. The SMILES string of the molecule is CNC(=O)c1ccc(CN(C)C(=O)C2CCN(S(=O)(=O)C=Cc3ccccc3)CC2)cc1. The van der Waals surface area contributed by atoms with Crippen molar-refractivity contribution >= 4 is 27.9 Å². The van der Waals surface area contributed by atoms with Gasteiger partial charge in [0, 0.05) is 50.6 Å². The zero-order chi connectivity index (χ0) is 23.1. The van der Waals surface area contributed by atoms with Crippen LogP contribution >= 0.6 is 0 Å². The Morgan fingerprint density at radius 1 is 1.06 bits per heavy atom. The van der Waals surface area contributed by atoms with Crippen molar-refractivity contribution in [2.24, 2.45) is 5.92 Å². The molecule has 0 unspecified atom stereocenters. The topological polar surface area (TPSA) is 86.8 Å². The van der Waals surface area contributed by atoms with E-state index in [1.165, 1.54) is 9.71 Å². The monoisotopic (exact) mass is 455 g/mol. The fourth-order valence-corrected chi connectivity index (χ4v) is 4.96. The van der Waals surface area contributed by atoms with Crippen LogP contribution in [-0.4, -0.2) is 56.6 Å². The molecule has 3 rings (SSSR count). The summed E-state index contributed by atoms with van der Waals surface area (Å²) >= 11 is 0. The highest BCUT2D eigenvalue weighted by atomic mass is 32.2. The Bertz CT molecular complexity index is 1060.